The van der Waals surface area contributed by atoms with Crippen molar-refractivity contribution in [3.63, 3.8) is 0 Å². The maximum atomic E-state index is 10.9. The molecule has 0 N–H and O–H groups in total. The molecule has 5 heteroatoms. The first-order valence-corrected chi connectivity index (χ1v) is 6.83. The zero-order chi connectivity index (χ0) is 14.2. The van der Waals surface area contributed by atoms with E-state index in [1.807, 2.05) is 6.07 Å². The number of nitrogens with zero attached hydrogens (tertiary/aromatic N) is 2. The van der Waals surface area contributed by atoms with Crippen molar-refractivity contribution in [3.05, 3.63) is 39.9 Å². The molecule has 2 fully saturated rings. The van der Waals surface area contributed by atoms with Gasteiger partial charge in [0, 0.05) is 25.3 Å². The van der Waals surface area contributed by atoms with Crippen LogP contribution in [0.25, 0.3) is 0 Å². The van der Waals surface area contributed by atoms with Gasteiger partial charge in [0.05, 0.1) is 16.4 Å². The Balaban J connectivity index is 1.87. The van der Waals surface area contributed by atoms with E-state index in [4.69, 9.17) is 4.74 Å². The summed E-state index contributed by atoms with van der Waals surface area (Å²) in [6.07, 6.45) is 3.57. The van der Waals surface area contributed by atoms with E-state index in [2.05, 4.69) is 6.07 Å². The lowest BCUT2D eigenvalue weighted by Gasteiger charge is -2.54. The lowest BCUT2D eigenvalue weighted by Crippen LogP contribution is -2.51. The molecule has 0 unspecified atom stereocenters. The van der Waals surface area contributed by atoms with E-state index in [0.717, 1.165) is 44.5 Å². The summed E-state index contributed by atoms with van der Waals surface area (Å²) in [6.45, 7) is 1.52. The summed E-state index contributed by atoms with van der Waals surface area (Å²) in [4.78, 5) is 10.5. The van der Waals surface area contributed by atoms with Crippen LogP contribution in [-0.4, -0.2) is 18.1 Å². The van der Waals surface area contributed by atoms with Gasteiger partial charge in [-0.3, -0.25) is 10.1 Å². The fourth-order valence-corrected chi connectivity index (χ4v) is 3.65. The predicted molar refractivity (Wildman–Crippen MR) is 72.1 cm³/mol. The molecule has 1 aliphatic carbocycles. The van der Waals surface area contributed by atoms with Gasteiger partial charge >= 0.3 is 0 Å². The molecule has 1 spiro atoms. The highest BCUT2D eigenvalue weighted by atomic mass is 16.6. The van der Waals surface area contributed by atoms with E-state index < -0.39 is 10.3 Å². The van der Waals surface area contributed by atoms with Gasteiger partial charge in [-0.25, -0.2) is 0 Å². The van der Waals surface area contributed by atoms with Crippen molar-refractivity contribution in [2.45, 2.75) is 31.1 Å². The van der Waals surface area contributed by atoms with Gasteiger partial charge in [0.15, 0.2) is 0 Å². The third-order valence-electron chi connectivity index (χ3n) is 4.73. The average molecular weight is 272 g/mol. The highest BCUT2D eigenvalue weighted by Crippen LogP contribution is 2.60. The second-order valence-corrected chi connectivity index (χ2v) is 5.97. The third kappa shape index (κ3) is 1.97. The van der Waals surface area contributed by atoms with Gasteiger partial charge in [0.25, 0.3) is 5.69 Å². The van der Waals surface area contributed by atoms with Crippen LogP contribution in [0, 0.1) is 26.9 Å². The van der Waals surface area contributed by atoms with Gasteiger partial charge in [-0.15, -0.1) is 0 Å². The molecule has 104 valence electrons. The summed E-state index contributed by atoms with van der Waals surface area (Å²) >= 11 is 0. The van der Waals surface area contributed by atoms with Crippen LogP contribution in [0.4, 0.5) is 5.69 Å². The highest BCUT2D eigenvalue weighted by molar-refractivity contribution is 5.44. The molecule has 1 aromatic carbocycles. The van der Waals surface area contributed by atoms with Crippen LogP contribution in [0.3, 0.4) is 0 Å². The molecule has 1 saturated heterocycles. The number of nitriles is 1. The average Bonchev–Trinajstić information content (AvgIpc) is 2.45. The quantitative estimate of drug-likeness (QED) is 0.612. The number of ether oxygens (including phenoxy) is 1. The zero-order valence-corrected chi connectivity index (χ0v) is 11.2. The molecule has 1 heterocycles. The Morgan fingerprint density at radius 1 is 1.30 bits per heavy atom. The minimum absolute atomic E-state index is 0.0602. The number of nitro groups is 1. The standard InChI is InChI=1S/C15H16N2O3/c16-11-15(9-14(10-15)4-6-20-7-5-14)12-2-1-3-13(8-12)17(18)19/h1-3,8H,4-7,9-10H2. The van der Waals surface area contributed by atoms with Crippen LogP contribution >= 0.6 is 0 Å². The fourth-order valence-electron chi connectivity index (χ4n) is 3.65. The molecule has 0 amide bonds. The maximum absolute atomic E-state index is 10.9. The summed E-state index contributed by atoms with van der Waals surface area (Å²) in [5, 5.41) is 20.5. The number of hydrogen-bond acceptors (Lipinski definition) is 4. The molecule has 0 atom stereocenters. The van der Waals surface area contributed by atoms with Crippen molar-refractivity contribution in [2.24, 2.45) is 5.41 Å². The summed E-state index contributed by atoms with van der Waals surface area (Å²) in [7, 11) is 0. The van der Waals surface area contributed by atoms with Gasteiger partial charge in [-0.2, -0.15) is 5.26 Å². The summed E-state index contributed by atoms with van der Waals surface area (Å²) in [5.41, 5.74) is 0.499. The minimum atomic E-state index is -0.552. The van der Waals surface area contributed by atoms with Crippen molar-refractivity contribution in [2.75, 3.05) is 13.2 Å². The minimum Gasteiger partial charge on any atom is -0.381 e. The highest BCUT2D eigenvalue weighted by Gasteiger charge is 2.56. The van der Waals surface area contributed by atoms with Crippen molar-refractivity contribution < 1.29 is 9.66 Å². The molecule has 5 nitrogen and oxygen atoms in total. The van der Waals surface area contributed by atoms with Crippen LogP contribution in [0.2, 0.25) is 0 Å². The van der Waals surface area contributed by atoms with Gasteiger partial charge < -0.3 is 4.74 Å². The first kappa shape index (κ1) is 13.1. The first-order valence-electron chi connectivity index (χ1n) is 6.83. The smallest absolute Gasteiger partial charge is 0.269 e. The Morgan fingerprint density at radius 3 is 2.60 bits per heavy atom. The largest absolute Gasteiger partial charge is 0.381 e. The molecular formula is C15H16N2O3. The molecule has 3 rings (SSSR count). The number of rotatable bonds is 2. The van der Waals surface area contributed by atoms with Crippen molar-refractivity contribution >= 4 is 5.69 Å². The van der Waals surface area contributed by atoms with Crippen LogP contribution in [0.15, 0.2) is 24.3 Å². The summed E-state index contributed by atoms with van der Waals surface area (Å²) < 4.78 is 5.39. The Kier molecular flexibility index (Phi) is 2.98. The second-order valence-electron chi connectivity index (χ2n) is 5.97. The molecule has 0 bridgehead atoms. The van der Waals surface area contributed by atoms with Crippen LogP contribution in [0.1, 0.15) is 31.2 Å². The molecule has 1 aromatic rings. The molecule has 20 heavy (non-hydrogen) atoms. The van der Waals surface area contributed by atoms with E-state index in [0.29, 0.717) is 0 Å². The van der Waals surface area contributed by atoms with E-state index in [1.54, 1.807) is 12.1 Å². The monoisotopic (exact) mass is 272 g/mol. The fraction of sp³-hybridized carbons (Fsp3) is 0.533. The Labute approximate surface area is 117 Å². The molecular weight excluding hydrogens is 256 g/mol. The zero-order valence-electron chi connectivity index (χ0n) is 11.2. The van der Waals surface area contributed by atoms with Gasteiger partial charge in [0.1, 0.15) is 0 Å². The third-order valence-corrected chi connectivity index (χ3v) is 4.73. The van der Waals surface area contributed by atoms with Gasteiger partial charge in [-0.1, -0.05) is 12.1 Å². The van der Waals surface area contributed by atoms with Crippen LogP contribution < -0.4 is 0 Å². The second kappa shape index (κ2) is 4.57. The number of non-ortho nitro benzene ring substituents is 1. The molecule has 0 radical (unpaired) electrons. The molecule has 1 saturated carbocycles. The maximum Gasteiger partial charge on any atom is 0.269 e. The molecule has 1 aliphatic heterocycles. The summed E-state index contributed by atoms with van der Waals surface area (Å²) in [5.74, 6) is 0. The van der Waals surface area contributed by atoms with Crippen molar-refractivity contribution in [3.8, 4) is 6.07 Å². The van der Waals surface area contributed by atoms with Crippen molar-refractivity contribution in [1.29, 1.82) is 5.26 Å². The summed E-state index contributed by atoms with van der Waals surface area (Å²) in [6, 6.07) is 8.93. The Hall–Kier alpha value is -1.93. The molecule has 0 aromatic heterocycles. The SMILES string of the molecule is N#CC1(c2cccc([N+](=O)[O-])c2)CC2(CCOCC2)C1. The van der Waals surface area contributed by atoms with E-state index in [9.17, 15) is 15.4 Å². The number of benzene rings is 1. The van der Waals surface area contributed by atoms with E-state index >= 15 is 0 Å². The lowest BCUT2D eigenvalue weighted by molar-refractivity contribution is -0.385. The van der Waals surface area contributed by atoms with Crippen LogP contribution in [-0.2, 0) is 10.2 Å². The normalized spacial score (nSPS) is 22.8. The number of nitro benzene ring substituents is 1. The van der Waals surface area contributed by atoms with Crippen molar-refractivity contribution in [1.82, 2.24) is 0 Å². The van der Waals surface area contributed by atoms with Gasteiger partial charge in [0.2, 0.25) is 0 Å². The molecule has 2 aliphatic rings. The Bertz CT molecular complexity index is 577. The van der Waals surface area contributed by atoms with Gasteiger partial charge in [-0.05, 0) is 36.7 Å². The lowest BCUT2D eigenvalue weighted by atomic mass is 9.48. The van der Waals surface area contributed by atoms with E-state index in [1.165, 1.54) is 6.07 Å². The predicted octanol–water partition coefficient (Wildman–Crippen LogP) is 2.95. The first-order chi connectivity index (χ1) is 9.59. The topological polar surface area (TPSA) is 76.2 Å². The van der Waals surface area contributed by atoms with E-state index in [-0.39, 0.29) is 11.1 Å². The number of hydrogen-bond donors (Lipinski definition) is 0. The van der Waals surface area contributed by atoms with Crippen LogP contribution in [0.5, 0.6) is 0 Å². The Morgan fingerprint density at radius 2 is 2.00 bits per heavy atom.